The van der Waals surface area contributed by atoms with E-state index in [1.54, 1.807) is 24.1 Å². The minimum atomic E-state index is -0.706. The topological polar surface area (TPSA) is 58.6 Å². The van der Waals surface area contributed by atoms with E-state index in [0.717, 1.165) is 27.8 Å². The molecule has 34 heavy (non-hydrogen) atoms. The van der Waals surface area contributed by atoms with E-state index in [1.165, 1.54) is 0 Å². The van der Waals surface area contributed by atoms with Gasteiger partial charge in [0, 0.05) is 25.0 Å². The maximum atomic E-state index is 13.5. The van der Waals surface area contributed by atoms with E-state index in [1.807, 2.05) is 69.3 Å². The summed E-state index contributed by atoms with van der Waals surface area (Å²) in [7, 11) is 1.58. The predicted octanol–water partition coefficient (Wildman–Crippen LogP) is 5.03. The van der Waals surface area contributed by atoms with Gasteiger partial charge >= 0.3 is 0 Å². The van der Waals surface area contributed by atoms with Crippen molar-refractivity contribution in [3.05, 3.63) is 99.6 Å². The lowest BCUT2D eigenvalue weighted by atomic mass is 10.0. The Labute approximate surface area is 206 Å². The largest absolute Gasteiger partial charge is 0.483 e. The summed E-state index contributed by atoms with van der Waals surface area (Å²) in [6.07, 6.45) is 0.384. The lowest BCUT2D eigenvalue weighted by Crippen LogP contribution is -2.51. The standard InChI is InChI=1S/C28H31ClN2O3/c1-19-13-20(2)21(3)26(14-19)34-18-27(32)31(17-23-11-8-12-24(29)15-23)25(28(33)30-4)16-22-9-6-5-7-10-22/h5-15,25H,16-18H2,1-4H3,(H,30,33)/t25-/m1/s1. The fraction of sp³-hybridized carbons (Fsp3) is 0.286. The van der Waals surface area contributed by atoms with Gasteiger partial charge in [0.15, 0.2) is 6.61 Å². The molecule has 0 heterocycles. The monoisotopic (exact) mass is 478 g/mol. The first-order valence-corrected chi connectivity index (χ1v) is 11.7. The molecule has 0 unspecified atom stereocenters. The second-order valence-corrected chi connectivity index (χ2v) is 8.90. The van der Waals surface area contributed by atoms with Crippen molar-refractivity contribution in [1.82, 2.24) is 10.2 Å². The van der Waals surface area contributed by atoms with Gasteiger partial charge in [-0.25, -0.2) is 0 Å². The van der Waals surface area contributed by atoms with Gasteiger partial charge in [-0.15, -0.1) is 0 Å². The number of carbonyl (C=O) groups excluding carboxylic acids is 2. The lowest BCUT2D eigenvalue weighted by molar-refractivity contribution is -0.142. The number of nitrogens with zero attached hydrogens (tertiary/aromatic N) is 1. The van der Waals surface area contributed by atoms with Crippen molar-refractivity contribution < 1.29 is 14.3 Å². The summed E-state index contributed by atoms with van der Waals surface area (Å²) >= 11 is 6.19. The average Bonchev–Trinajstić information content (AvgIpc) is 2.82. The molecule has 0 saturated carbocycles. The Morgan fingerprint density at radius 3 is 2.35 bits per heavy atom. The summed E-state index contributed by atoms with van der Waals surface area (Å²) in [4.78, 5) is 28.1. The molecule has 6 heteroatoms. The molecule has 0 radical (unpaired) electrons. The fourth-order valence-corrected chi connectivity index (χ4v) is 4.14. The third-order valence-electron chi connectivity index (χ3n) is 5.87. The normalized spacial score (nSPS) is 11.6. The number of aryl methyl sites for hydroxylation is 2. The molecule has 3 aromatic rings. The van der Waals surface area contributed by atoms with E-state index >= 15 is 0 Å². The smallest absolute Gasteiger partial charge is 0.261 e. The number of amides is 2. The van der Waals surface area contributed by atoms with Crippen LogP contribution in [0.2, 0.25) is 5.02 Å². The third kappa shape index (κ3) is 6.61. The zero-order valence-electron chi connectivity index (χ0n) is 20.1. The molecule has 2 amide bonds. The summed E-state index contributed by atoms with van der Waals surface area (Å²) in [6.45, 7) is 6.05. The number of hydrogen-bond donors (Lipinski definition) is 1. The highest BCUT2D eigenvalue weighted by atomic mass is 35.5. The SMILES string of the molecule is CNC(=O)[C@@H](Cc1ccccc1)N(Cc1cccc(Cl)c1)C(=O)COc1cc(C)cc(C)c1C. The molecule has 3 aromatic carbocycles. The summed E-state index contributed by atoms with van der Waals surface area (Å²) < 4.78 is 5.97. The number of carbonyl (C=O) groups is 2. The van der Waals surface area contributed by atoms with E-state index in [0.29, 0.717) is 17.2 Å². The first kappa shape index (κ1) is 25.3. The Bertz CT molecular complexity index is 1150. The number of hydrogen-bond acceptors (Lipinski definition) is 3. The summed E-state index contributed by atoms with van der Waals surface area (Å²) in [5.74, 6) is 0.165. The zero-order chi connectivity index (χ0) is 24.7. The summed E-state index contributed by atoms with van der Waals surface area (Å²) in [5.41, 5.74) is 4.96. The van der Waals surface area contributed by atoms with Crippen LogP contribution in [0.1, 0.15) is 27.8 Å². The average molecular weight is 479 g/mol. The summed E-state index contributed by atoms with van der Waals surface area (Å²) in [5, 5.41) is 3.29. The Morgan fingerprint density at radius 1 is 0.971 bits per heavy atom. The quantitative estimate of drug-likeness (QED) is 0.469. The molecule has 0 aliphatic rings. The molecule has 0 aliphatic heterocycles. The molecule has 0 spiro atoms. The van der Waals surface area contributed by atoms with Crippen LogP contribution in [0.15, 0.2) is 66.7 Å². The van der Waals surface area contributed by atoms with Crippen molar-refractivity contribution in [2.45, 2.75) is 39.8 Å². The molecular weight excluding hydrogens is 448 g/mol. The molecular formula is C28H31ClN2O3. The van der Waals surface area contributed by atoms with Crippen LogP contribution >= 0.6 is 11.6 Å². The molecule has 1 atom stereocenters. The molecule has 1 N–H and O–H groups in total. The van der Waals surface area contributed by atoms with Crippen LogP contribution in [-0.2, 0) is 22.6 Å². The van der Waals surface area contributed by atoms with Crippen molar-refractivity contribution in [3.8, 4) is 5.75 Å². The number of halogens is 1. The summed E-state index contributed by atoms with van der Waals surface area (Å²) in [6, 6.07) is 20.3. The van der Waals surface area contributed by atoms with E-state index in [9.17, 15) is 9.59 Å². The zero-order valence-corrected chi connectivity index (χ0v) is 20.9. The second kappa shape index (κ2) is 11.7. The highest BCUT2D eigenvalue weighted by Gasteiger charge is 2.30. The number of nitrogens with one attached hydrogen (secondary N) is 1. The van der Waals surface area contributed by atoms with Crippen LogP contribution in [0.3, 0.4) is 0 Å². The Kier molecular flexibility index (Phi) is 8.72. The molecule has 0 saturated heterocycles. The first-order chi connectivity index (χ1) is 16.3. The van der Waals surface area contributed by atoms with E-state index in [-0.39, 0.29) is 25.0 Å². The minimum Gasteiger partial charge on any atom is -0.483 e. The number of likely N-dealkylation sites (N-methyl/N-ethyl adjacent to an activating group) is 1. The van der Waals surface area contributed by atoms with Crippen LogP contribution in [0.25, 0.3) is 0 Å². The van der Waals surface area contributed by atoms with E-state index in [4.69, 9.17) is 16.3 Å². The predicted molar refractivity (Wildman–Crippen MR) is 136 cm³/mol. The molecule has 0 aliphatic carbocycles. The van der Waals surface area contributed by atoms with Crippen LogP contribution in [0, 0.1) is 20.8 Å². The maximum Gasteiger partial charge on any atom is 0.261 e. The van der Waals surface area contributed by atoms with E-state index in [2.05, 4.69) is 11.4 Å². The van der Waals surface area contributed by atoms with Gasteiger partial charge < -0.3 is 15.0 Å². The van der Waals surface area contributed by atoms with Gasteiger partial charge in [0.25, 0.3) is 5.91 Å². The molecule has 0 fully saturated rings. The Balaban J connectivity index is 1.90. The van der Waals surface area contributed by atoms with Crippen molar-refractivity contribution in [2.75, 3.05) is 13.7 Å². The van der Waals surface area contributed by atoms with Gasteiger partial charge in [0.05, 0.1) is 0 Å². The van der Waals surface area contributed by atoms with E-state index < -0.39 is 6.04 Å². The maximum absolute atomic E-state index is 13.5. The highest BCUT2D eigenvalue weighted by Crippen LogP contribution is 2.24. The lowest BCUT2D eigenvalue weighted by Gasteiger charge is -2.31. The van der Waals surface area contributed by atoms with Gasteiger partial charge in [-0.3, -0.25) is 9.59 Å². The number of rotatable bonds is 9. The van der Waals surface area contributed by atoms with Crippen LogP contribution in [-0.4, -0.2) is 36.4 Å². The molecule has 178 valence electrons. The third-order valence-corrected chi connectivity index (χ3v) is 6.11. The molecule has 3 rings (SSSR count). The Morgan fingerprint density at radius 2 is 1.68 bits per heavy atom. The second-order valence-electron chi connectivity index (χ2n) is 8.46. The molecule has 0 aromatic heterocycles. The minimum absolute atomic E-state index is 0.174. The van der Waals surface area contributed by atoms with Gasteiger partial charge in [-0.05, 0) is 66.8 Å². The van der Waals surface area contributed by atoms with Crippen molar-refractivity contribution in [3.63, 3.8) is 0 Å². The molecule has 5 nitrogen and oxygen atoms in total. The first-order valence-electron chi connectivity index (χ1n) is 11.3. The van der Waals surface area contributed by atoms with Crippen LogP contribution in [0.5, 0.6) is 5.75 Å². The van der Waals surface area contributed by atoms with Gasteiger partial charge in [-0.2, -0.15) is 0 Å². The molecule has 0 bridgehead atoms. The van der Waals surface area contributed by atoms with Crippen molar-refractivity contribution in [2.24, 2.45) is 0 Å². The number of ether oxygens (including phenoxy) is 1. The van der Waals surface area contributed by atoms with Gasteiger partial charge in [0.2, 0.25) is 5.91 Å². The van der Waals surface area contributed by atoms with Crippen molar-refractivity contribution >= 4 is 23.4 Å². The highest BCUT2D eigenvalue weighted by molar-refractivity contribution is 6.30. The van der Waals surface area contributed by atoms with Crippen LogP contribution in [0.4, 0.5) is 0 Å². The Hall–Kier alpha value is -3.31. The fourth-order valence-electron chi connectivity index (χ4n) is 3.93. The van der Waals surface area contributed by atoms with Gasteiger partial charge in [-0.1, -0.05) is 60.1 Å². The van der Waals surface area contributed by atoms with Crippen molar-refractivity contribution in [1.29, 1.82) is 0 Å². The van der Waals surface area contributed by atoms with Gasteiger partial charge in [0.1, 0.15) is 11.8 Å². The number of benzene rings is 3. The van der Waals surface area contributed by atoms with Crippen LogP contribution < -0.4 is 10.1 Å².